The first kappa shape index (κ1) is 22.3. The predicted molar refractivity (Wildman–Crippen MR) is 102 cm³/mol. The first-order valence-corrected chi connectivity index (χ1v) is 9.52. The Kier molecular flexibility index (Phi) is 8.57. The largest absolute Gasteiger partial charge is 0.351 e. The molecule has 146 valence electrons. The van der Waals surface area contributed by atoms with E-state index >= 15 is 0 Å². The van der Waals surface area contributed by atoms with Gasteiger partial charge in [-0.05, 0) is 19.1 Å². The number of nitrogens with one attached hydrogen (secondary N) is 2. The number of amides is 2. The minimum absolute atomic E-state index is 0.124. The van der Waals surface area contributed by atoms with Crippen LogP contribution < -0.4 is 10.6 Å². The molecule has 27 heavy (non-hydrogen) atoms. The highest BCUT2D eigenvalue weighted by Crippen LogP contribution is 2.16. The fourth-order valence-electron chi connectivity index (χ4n) is 2.04. The molecule has 0 saturated heterocycles. The van der Waals surface area contributed by atoms with Gasteiger partial charge in [-0.2, -0.15) is 4.31 Å². The SMILES string of the molecule is C=CCNC(=O)CN(CC(=O)NCC=C)S(=O)(=O)c1ccc(C(C)=O)cc1. The second-order valence-corrected chi connectivity index (χ2v) is 7.48. The lowest BCUT2D eigenvalue weighted by Gasteiger charge is -2.21. The number of rotatable bonds is 11. The van der Waals surface area contributed by atoms with E-state index in [0.29, 0.717) is 5.56 Å². The molecular weight excluding hydrogens is 370 g/mol. The molecule has 0 saturated carbocycles. The highest BCUT2D eigenvalue weighted by Gasteiger charge is 2.28. The molecule has 0 aliphatic heterocycles. The van der Waals surface area contributed by atoms with Gasteiger partial charge in [-0.1, -0.05) is 24.3 Å². The molecule has 0 heterocycles. The third-order valence-corrected chi connectivity index (χ3v) is 5.23. The summed E-state index contributed by atoms with van der Waals surface area (Å²) in [5.74, 6) is -1.35. The van der Waals surface area contributed by atoms with Crippen molar-refractivity contribution in [2.45, 2.75) is 11.8 Å². The molecule has 0 aliphatic carbocycles. The smallest absolute Gasteiger partial charge is 0.244 e. The zero-order valence-electron chi connectivity index (χ0n) is 15.1. The second kappa shape index (κ2) is 10.4. The number of nitrogens with zero attached hydrogens (tertiary/aromatic N) is 1. The lowest BCUT2D eigenvalue weighted by molar-refractivity contribution is -0.123. The summed E-state index contributed by atoms with van der Waals surface area (Å²) in [6.45, 7) is 7.56. The highest BCUT2D eigenvalue weighted by atomic mass is 32.2. The van der Waals surface area contributed by atoms with Gasteiger partial charge in [0.05, 0.1) is 18.0 Å². The van der Waals surface area contributed by atoms with E-state index in [1.165, 1.54) is 43.3 Å². The molecular formula is C18H23N3O5S. The Balaban J connectivity index is 3.10. The molecule has 0 unspecified atom stereocenters. The summed E-state index contributed by atoms with van der Waals surface area (Å²) in [5.41, 5.74) is 0.355. The van der Waals surface area contributed by atoms with Crippen molar-refractivity contribution in [1.29, 1.82) is 0 Å². The molecule has 0 aliphatic rings. The number of hydrogen-bond donors (Lipinski definition) is 2. The minimum atomic E-state index is -4.14. The van der Waals surface area contributed by atoms with Crippen LogP contribution in [0.2, 0.25) is 0 Å². The first-order chi connectivity index (χ1) is 12.7. The number of Topliss-reactive ketones (excluding diaryl/α,β-unsaturated/α-hetero) is 1. The molecule has 0 radical (unpaired) electrons. The van der Waals surface area contributed by atoms with Gasteiger partial charge in [0.15, 0.2) is 5.78 Å². The van der Waals surface area contributed by atoms with Crippen LogP contribution >= 0.6 is 0 Å². The van der Waals surface area contributed by atoms with E-state index in [2.05, 4.69) is 23.8 Å². The lowest BCUT2D eigenvalue weighted by atomic mass is 10.2. The Morgan fingerprint density at radius 3 is 1.78 bits per heavy atom. The molecule has 0 aromatic heterocycles. The summed E-state index contributed by atoms with van der Waals surface area (Å²) in [6.07, 6.45) is 2.90. The molecule has 1 aromatic carbocycles. The summed E-state index contributed by atoms with van der Waals surface area (Å²) in [6, 6.07) is 5.29. The summed E-state index contributed by atoms with van der Waals surface area (Å²) >= 11 is 0. The Morgan fingerprint density at radius 1 is 0.963 bits per heavy atom. The van der Waals surface area contributed by atoms with Crippen molar-refractivity contribution in [1.82, 2.24) is 14.9 Å². The van der Waals surface area contributed by atoms with Gasteiger partial charge in [-0.15, -0.1) is 13.2 Å². The molecule has 2 amide bonds. The van der Waals surface area contributed by atoms with E-state index in [0.717, 1.165) is 4.31 Å². The second-order valence-electron chi connectivity index (χ2n) is 5.54. The van der Waals surface area contributed by atoms with Crippen LogP contribution in [0.15, 0.2) is 54.5 Å². The zero-order valence-corrected chi connectivity index (χ0v) is 15.9. The van der Waals surface area contributed by atoms with Crippen molar-refractivity contribution in [3.8, 4) is 0 Å². The molecule has 8 nitrogen and oxygen atoms in total. The van der Waals surface area contributed by atoms with Gasteiger partial charge in [-0.3, -0.25) is 14.4 Å². The topological polar surface area (TPSA) is 113 Å². The average molecular weight is 393 g/mol. The highest BCUT2D eigenvalue weighted by molar-refractivity contribution is 7.89. The number of benzene rings is 1. The summed E-state index contributed by atoms with van der Waals surface area (Å²) in [7, 11) is -4.14. The molecule has 0 spiro atoms. The monoisotopic (exact) mass is 393 g/mol. The molecule has 9 heteroatoms. The number of ketones is 1. The van der Waals surface area contributed by atoms with Gasteiger partial charge in [0.2, 0.25) is 21.8 Å². The third kappa shape index (κ3) is 6.80. The van der Waals surface area contributed by atoms with E-state index in [1.54, 1.807) is 0 Å². The molecule has 1 rings (SSSR count). The van der Waals surface area contributed by atoms with Crippen LogP contribution in [0, 0.1) is 0 Å². The van der Waals surface area contributed by atoms with Crippen molar-refractivity contribution >= 4 is 27.6 Å². The normalized spacial score (nSPS) is 10.9. The van der Waals surface area contributed by atoms with E-state index < -0.39 is 34.9 Å². The molecule has 2 N–H and O–H groups in total. The fourth-order valence-corrected chi connectivity index (χ4v) is 3.39. The van der Waals surface area contributed by atoms with Crippen molar-refractivity contribution < 1.29 is 22.8 Å². The predicted octanol–water partition coefficient (Wildman–Crippen LogP) is 0.484. The van der Waals surface area contributed by atoms with E-state index in [1.807, 2.05) is 0 Å². The quantitative estimate of drug-likeness (QED) is 0.420. The summed E-state index contributed by atoms with van der Waals surface area (Å²) in [5, 5.41) is 4.94. The Morgan fingerprint density at radius 2 is 1.41 bits per heavy atom. The van der Waals surface area contributed by atoms with Gasteiger partial charge < -0.3 is 10.6 Å². The van der Waals surface area contributed by atoms with Gasteiger partial charge in [-0.25, -0.2) is 8.42 Å². The summed E-state index contributed by atoms with van der Waals surface area (Å²) in [4.78, 5) is 35.2. The maximum Gasteiger partial charge on any atom is 0.244 e. The Bertz CT molecular complexity index is 790. The van der Waals surface area contributed by atoms with Crippen molar-refractivity contribution in [2.75, 3.05) is 26.2 Å². The van der Waals surface area contributed by atoms with E-state index in [4.69, 9.17) is 0 Å². The van der Waals surface area contributed by atoms with Gasteiger partial charge in [0.25, 0.3) is 0 Å². The number of sulfonamides is 1. The van der Waals surface area contributed by atoms with Crippen LogP contribution in [0.25, 0.3) is 0 Å². The summed E-state index contributed by atoms with van der Waals surface area (Å²) < 4.78 is 26.5. The van der Waals surface area contributed by atoms with Crippen molar-refractivity contribution in [3.05, 3.63) is 55.1 Å². The van der Waals surface area contributed by atoms with Crippen LogP contribution in [-0.4, -0.2) is 56.5 Å². The molecule has 0 bridgehead atoms. The maximum absolute atomic E-state index is 12.9. The minimum Gasteiger partial charge on any atom is -0.351 e. The molecule has 0 atom stereocenters. The molecule has 0 fully saturated rings. The van der Waals surface area contributed by atoms with E-state index in [9.17, 15) is 22.8 Å². The fraction of sp³-hybridized carbons (Fsp3) is 0.278. The van der Waals surface area contributed by atoms with Crippen LogP contribution in [0.4, 0.5) is 0 Å². The Labute approximate surface area is 159 Å². The lowest BCUT2D eigenvalue weighted by Crippen LogP contribution is -2.45. The average Bonchev–Trinajstić information content (AvgIpc) is 2.64. The van der Waals surface area contributed by atoms with Gasteiger partial charge >= 0.3 is 0 Å². The number of carbonyl (C=O) groups excluding carboxylic acids is 3. The van der Waals surface area contributed by atoms with Crippen LogP contribution in [0.5, 0.6) is 0 Å². The first-order valence-electron chi connectivity index (χ1n) is 8.08. The van der Waals surface area contributed by atoms with E-state index in [-0.39, 0.29) is 23.8 Å². The maximum atomic E-state index is 12.9. The number of hydrogen-bond acceptors (Lipinski definition) is 5. The van der Waals surface area contributed by atoms with Gasteiger partial charge in [0, 0.05) is 18.7 Å². The zero-order chi connectivity index (χ0) is 20.4. The van der Waals surface area contributed by atoms with Gasteiger partial charge in [0.1, 0.15) is 0 Å². The van der Waals surface area contributed by atoms with Crippen LogP contribution in [0.1, 0.15) is 17.3 Å². The van der Waals surface area contributed by atoms with Crippen molar-refractivity contribution in [2.24, 2.45) is 0 Å². The molecule has 1 aromatic rings. The standard InChI is InChI=1S/C18H23N3O5S/c1-4-10-19-17(23)12-21(13-18(24)20-11-5-2)27(25,26)16-8-6-15(7-9-16)14(3)22/h4-9H,1-2,10-13H2,3H3,(H,19,23)(H,20,24). The van der Waals surface area contributed by atoms with Crippen LogP contribution in [0.3, 0.4) is 0 Å². The Hall–Kier alpha value is -2.78. The van der Waals surface area contributed by atoms with Crippen LogP contribution in [-0.2, 0) is 19.6 Å². The third-order valence-electron chi connectivity index (χ3n) is 3.43. The number of carbonyl (C=O) groups is 3. The van der Waals surface area contributed by atoms with Crippen molar-refractivity contribution in [3.63, 3.8) is 0 Å².